The topological polar surface area (TPSA) is 41.1 Å². The molecule has 1 aromatic heterocycles. The van der Waals surface area contributed by atoms with Crippen LogP contribution in [0.1, 0.15) is 30.3 Å². The Hall–Kier alpha value is -1.36. The van der Waals surface area contributed by atoms with E-state index >= 15 is 0 Å². The fraction of sp³-hybridized carbons (Fsp3) is 0.267. The fourth-order valence-corrected chi connectivity index (χ4v) is 2.93. The third-order valence-electron chi connectivity index (χ3n) is 2.91. The Balaban J connectivity index is 1.89. The van der Waals surface area contributed by atoms with Crippen LogP contribution in [0.4, 0.5) is 5.69 Å². The van der Waals surface area contributed by atoms with Crippen LogP contribution in [0.25, 0.3) is 0 Å². The highest BCUT2D eigenvalue weighted by atomic mass is 35.5. The molecule has 106 valence electrons. The van der Waals surface area contributed by atoms with Crippen molar-refractivity contribution in [3.8, 4) is 0 Å². The van der Waals surface area contributed by atoms with E-state index in [2.05, 4.69) is 17.6 Å². The lowest BCUT2D eigenvalue weighted by atomic mass is 10.2. The van der Waals surface area contributed by atoms with E-state index < -0.39 is 0 Å². The zero-order valence-electron chi connectivity index (χ0n) is 11.4. The number of carbonyl (C=O) groups is 1. The van der Waals surface area contributed by atoms with Gasteiger partial charge in [0.2, 0.25) is 5.91 Å². The normalized spacial score (nSPS) is 12.2. The van der Waals surface area contributed by atoms with Crippen molar-refractivity contribution in [2.45, 2.75) is 26.4 Å². The molecule has 0 spiro atoms. The van der Waals surface area contributed by atoms with Crippen molar-refractivity contribution in [2.75, 3.05) is 5.32 Å². The molecule has 3 nitrogen and oxygen atoms in total. The number of carbonyl (C=O) groups excluding carboxylic acids is 1. The van der Waals surface area contributed by atoms with Gasteiger partial charge in [-0.25, -0.2) is 0 Å². The molecule has 0 radical (unpaired) electrons. The van der Waals surface area contributed by atoms with Gasteiger partial charge >= 0.3 is 0 Å². The Kier molecular flexibility index (Phi) is 5.17. The largest absolute Gasteiger partial charge is 0.326 e. The summed E-state index contributed by atoms with van der Waals surface area (Å²) in [5, 5.41) is 6.21. The number of anilines is 1. The van der Waals surface area contributed by atoms with Gasteiger partial charge in [0.1, 0.15) is 0 Å². The van der Waals surface area contributed by atoms with Crippen LogP contribution in [-0.2, 0) is 11.3 Å². The van der Waals surface area contributed by atoms with E-state index in [0.29, 0.717) is 0 Å². The Morgan fingerprint density at radius 3 is 2.50 bits per heavy atom. The highest BCUT2D eigenvalue weighted by Crippen LogP contribution is 2.26. The van der Waals surface area contributed by atoms with Crippen LogP contribution in [0.2, 0.25) is 4.34 Å². The minimum atomic E-state index is -0.0564. The molecule has 0 bridgehead atoms. The van der Waals surface area contributed by atoms with Crippen LogP contribution in [0, 0.1) is 0 Å². The standard InChI is InChI=1S/C15H17ClN2OS/c1-10(14-7-8-15(16)20-14)17-9-12-3-5-13(6-4-12)18-11(2)19/h3-8,10,17H,9H2,1-2H3,(H,18,19). The first-order chi connectivity index (χ1) is 9.54. The zero-order chi connectivity index (χ0) is 14.5. The number of hydrogen-bond acceptors (Lipinski definition) is 3. The molecule has 1 heterocycles. The summed E-state index contributed by atoms with van der Waals surface area (Å²) in [6, 6.07) is 12.1. The molecule has 0 fully saturated rings. The molecule has 2 N–H and O–H groups in total. The smallest absolute Gasteiger partial charge is 0.221 e. The van der Waals surface area contributed by atoms with E-state index in [1.54, 1.807) is 11.3 Å². The first kappa shape index (κ1) is 15.0. The Morgan fingerprint density at radius 1 is 1.25 bits per heavy atom. The van der Waals surface area contributed by atoms with E-state index in [1.807, 2.05) is 36.4 Å². The maximum Gasteiger partial charge on any atom is 0.221 e. The van der Waals surface area contributed by atoms with Crippen molar-refractivity contribution in [3.05, 3.63) is 51.2 Å². The first-order valence-corrected chi connectivity index (χ1v) is 7.59. The highest BCUT2D eigenvalue weighted by molar-refractivity contribution is 7.16. The predicted octanol–water partition coefficient (Wildman–Crippen LogP) is 4.21. The molecule has 5 heteroatoms. The van der Waals surface area contributed by atoms with Crippen molar-refractivity contribution in [1.29, 1.82) is 0 Å². The summed E-state index contributed by atoms with van der Waals surface area (Å²) in [5.41, 5.74) is 1.99. The predicted molar refractivity (Wildman–Crippen MR) is 85.3 cm³/mol. The molecule has 0 saturated heterocycles. The summed E-state index contributed by atoms with van der Waals surface area (Å²) >= 11 is 7.53. The first-order valence-electron chi connectivity index (χ1n) is 6.40. The van der Waals surface area contributed by atoms with E-state index in [4.69, 9.17) is 11.6 Å². The minimum Gasteiger partial charge on any atom is -0.326 e. The van der Waals surface area contributed by atoms with Crippen molar-refractivity contribution in [2.24, 2.45) is 0 Å². The van der Waals surface area contributed by atoms with Crippen molar-refractivity contribution >= 4 is 34.5 Å². The van der Waals surface area contributed by atoms with Crippen LogP contribution < -0.4 is 10.6 Å². The third-order valence-corrected chi connectivity index (χ3v) is 4.32. The fourth-order valence-electron chi connectivity index (χ4n) is 1.84. The van der Waals surface area contributed by atoms with Crippen molar-refractivity contribution in [3.63, 3.8) is 0 Å². The summed E-state index contributed by atoms with van der Waals surface area (Å²) in [4.78, 5) is 12.2. The molecule has 20 heavy (non-hydrogen) atoms. The van der Waals surface area contributed by atoms with Gasteiger partial charge in [-0.1, -0.05) is 23.7 Å². The molecule has 0 aliphatic heterocycles. The molecule has 1 aromatic carbocycles. The lowest BCUT2D eigenvalue weighted by Gasteiger charge is -2.12. The van der Waals surface area contributed by atoms with Crippen molar-refractivity contribution < 1.29 is 4.79 Å². The van der Waals surface area contributed by atoms with Crippen molar-refractivity contribution in [1.82, 2.24) is 5.32 Å². The molecule has 2 aromatic rings. The highest BCUT2D eigenvalue weighted by Gasteiger charge is 2.07. The average Bonchev–Trinajstić information content (AvgIpc) is 2.84. The second kappa shape index (κ2) is 6.88. The third kappa shape index (κ3) is 4.34. The second-order valence-corrected chi connectivity index (χ2v) is 6.37. The van der Waals surface area contributed by atoms with Crippen LogP contribution in [0.5, 0.6) is 0 Å². The van der Waals surface area contributed by atoms with Crippen LogP contribution in [0.3, 0.4) is 0 Å². The lowest BCUT2D eigenvalue weighted by molar-refractivity contribution is -0.114. The molecule has 0 aliphatic rings. The number of rotatable bonds is 5. The van der Waals surface area contributed by atoms with Gasteiger partial charge in [0.25, 0.3) is 0 Å². The Morgan fingerprint density at radius 2 is 1.95 bits per heavy atom. The van der Waals surface area contributed by atoms with E-state index in [9.17, 15) is 4.79 Å². The van der Waals surface area contributed by atoms with Gasteiger partial charge in [0.15, 0.2) is 0 Å². The lowest BCUT2D eigenvalue weighted by Crippen LogP contribution is -2.17. The molecular formula is C15H17ClN2OS. The minimum absolute atomic E-state index is 0.0564. The Bertz CT molecular complexity index is 580. The summed E-state index contributed by atoms with van der Waals surface area (Å²) in [5.74, 6) is -0.0564. The monoisotopic (exact) mass is 308 g/mol. The van der Waals surface area contributed by atoms with Gasteiger partial charge in [-0.15, -0.1) is 11.3 Å². The van der Waals surface area contributed by atoms with E-state index in [1.165, 1.54) is 17.4 Å². The van der Waals surface area contributed by atoms with Gasteiger partial charge in [0.05, 0.1) is 4.34 Å². The maximum absolute atomic E-state index is 10.9. The maximum atomic E-state index is 10.9. The average molecular weight is 309 g/mol. The number of halogens is 1. The van der Waals surface area contributed by atoms with Gasteiger partial charge in [-0.3, -0.25) is 4.79 Å². The Labute approximate surface area is 128 Å². The number of thiophene rings is 1. The SMILES string of the molecule is CC(=O)Nc1ccc(CNC(C)c2ccc(Cl)s2)cc1. The molecule has 1 amide bonds. The molecule has 0 aliphatic carbocycles. The summed E-state index contributed by atoms with van der Waals surface area (Å²) in [6.45, 7) is 4.40. The summed E-state index contributed by atoms with van der Waals surface area (Å²) in [7, 11) is 0. The zero-order valence-corrected chi connectivity index (χ0v) is 13.0. The summed E-state index contributed by atoms with van der Waals surface area (Å²) < 4.78 is 0.813. The van der Waals surface area contributed by atoms with Crippen LogP contribution in [0.15, 0.2) is 36.4 Å². The number of hydrogen-bond donors (Lipinski definition) is 2. The number of amides is 1. The molecule has 1 atom stereocenters. The van der Waals surface area contributed by atoms with Crippen LogP contribution in [-0.4, -0.2) is 5.91 Å². The summed E-state index contributed by atoms with van der Waals surface area (Å²) in [6.07, 6.45) is 0. The van der Waals surface area contributed by atoms with Crippen LogP contribution >= 0.6 is 22.9 Å². The van der Waals surface area contributed by atoms with Gasteiger partial charge in [-0.2, -0.15) is 0 Å². The quantitative estimate of drug-likeness (QED) is 0.868. The van der Waals surface area contributed by atoms with Gasteiger partial charge < -0.3 is 10.6 Å². The number of benzene rings is 1. The number of nitrogens with one attached hydrogen (secondary N) is 2. The van der Waals surface area contributed by atoms with E-state index in [-0.39, 0.29) is 11.9 Å². The molecular weight excluding hydrogens is 292 g/mol. The van der Waals surface area contributed by atoms with Gasteiger partial charge in [-0.05, 0) is 36.8 Å². The van der Waals surface area contributed by atoms with E-state index in [0.717, 1.165) is 16.6 Å². The molecule has 0 saturated carbocycles. The van der Waals surface area contributed by atoms with Gasteiger partial charge in [0, 0.05) is 30.1 Å². The second-order valence-electron chi connectivity index (χ2n) is 4.62. The molecule has 2 rings (SSSR count). The molecule has 1 unspecified atom stereocenters.